The first-order chi connectivity index (χ1) is 8.15. The average Bonchev–Trinajstić information content (AvgIpc) is 2.77. The number of methoxy groups -OCH3 is 1. The van der Waals surface area contributed by atoms with E-state index in [2.05, 4.69) is 17.1 Å². The number of rotatable bonds is 3. The number of hydrogen-bond acceptors (Lipinski definition) is 3. The summed E-state index contributed by atoms with van der Waals surface area (Å²) in [5.74, 6) is 1.41. The van der Waals surface area contributed by atoms with E-state index in [9.17, 15) is 0 Å². The standard InChI is InChI=1S/C13H14ClNOS/c1-8-4-10(5-9(2)12(8)16-3)13-15-11(6-14)7-17-13/h4-5,7H,6H2,1-3H3. The van der Waals surface area contributed by atoms with Crippen LogP contribution in [0.2, 0.25) is 0 Å². The highest BCUT2D eigenvalue weighted by Crippen LogP contribution is 2.31. The minimum atomic E-state index is 0.463. The molecule has 4 heteroatoms. The fourth-order valence-corrected chi connectivity index (χ4v) is 2.93. The predicted molar refractivity (Wildman–Crippen MR) is 73.1 cm³/mol. The largest absolute Gasteiger partial charge is 0.496 e. The summed E-state index contributed by atoms with van der Waals surface area (Å²) in [6, 6.07) is 4.20. The van der Waals surface area contributed by atoms with Gasteiger partial charge in [-0.3, -0.25) is 0 Å². The van der Waals surface area contributed by atoms with Crippen molar-refractivity contribution in [2.45, 2.75) is 19.7 Å². The fourth-order valence-electron chi connectivity index (χ4n) is 1.90. The van der Waals surface area contributed by atoms with E-state index >= 15 is 0 Å². The summed E-state index contributed by atoms with van der Waals surface area (Å²) in [5.41, 5.74) is 4.32. The van der Waals surface area contributed by atoms with Crippen molar-refractivity contribution in [1.29, 1.82) is 0 Å². The van der Waals surface area contributed by atoms with Crippen molar-refractivity contribution < 1.29 is 4.74 Å². The lowest BCUT2D eigenvalue weighted by molar-refractivity contribution is 0.408. The number of alkyl halides is 1. The molecular weight excluding hydrogens is 254 g/mol. The summed E-state index contributed by atoms with van der Waals surface area (Å²) in [6.45, 7) is 4.09. The zero-order valence-corrected chi connectivity index (χ0v) is 11.7. The van der Waals surface area contributed by atoms with Crippen molar-refractivity contribution in [3.05, 3.63) is 34.3 Å². The van der Waals surface area contributed by atoms with Gasteiger partial charge in [-0.2, -0.15) is 0 Å². The van der Waals surface area contributed by atoms with E-state index in [1.54, 1.807) is 18.4 Å². The summed E-state index contributed by atoms with van der Waals surface area (Å²) >= 11 is 7.38. The van der Waals surface area contributed by atoms with E-state index < -0.39 is 0 Å². The molecule has 1 aromatic carbocycles. The first-order valence-corrected chi connectivity index (χ1v) is 6.73. The molecule has 2 aromatic rings. The van der Waals surface area contributed by atoms with Crippen LogP contribution in [0.15, 0.2) is 17.5 Å². The van der Waals surface area contributed by atoms with Crippen LogP contribution in [0.5, 0.6) is 5.75 Å². The summed E-state index contributed by atoms with van der Waals surface area (Å²) < 4.78 is 5.35. The predicted octanol–water partition coefficient (Wildman–Crippen LogP) is 4.17. The Morgan fingerprint density at radius 1 is 1.29 bits per heavy atom. The van der Waals surface area contributed by atoms with Crippen LogP contribution in [0.4, 0.5) is 0 Å². The second kappa shape index (κ2) is 5.07. The zero-order chi connectivity index (χ0) is 12.4. The van der Waals surface area contributed by atoms with Gasteiger partial charge in [0.1, 0.15) is 10.8 Å². The monoisotopic (exact) mass is 267 g/mol. The third kappa shape index (κ3) is 2.45. The van der Waals surface area contributed by atoms with E-state index in [4.69, 9.17) is 16.3 Å². The van der Waals surface area contributed by atoms with Crippen molar-refractivity contribution in [1.82, 2.24) is 4.98 Å². The lowest BCUT2D eigenvalue weighted by atomic mass is 10.1. The molecule has 0 saturated carbocycles. The molecule has 2 nitrogen and oxygen atoms in total. The molecule has 0 aliphatic rings. The van der Waals surface area contributed by atoms with Crippen LogP contribution in [0.25, 0.3) is 10.6 Å². The van der Waals surface area contributed by atoms with Crippen molar-refractivity contribution in [2.24, 2.45) is 0 Å². The van der Waals surface area contributed by atoms with E-state index in [1.807, 2.05) is 19.2 Å². The van der Waals surface area contributed by atoms with Gasteiger partial charge in [0.15, 0.2) is 0 Å². The first kappa shape index (κ1) is 12.4. The molecule has 17 heavy (non-hydrogen) atoms. The number of ether oxygens (including phenoxy) is 1. The van der Waals surface area contributed by atoms with Crippen molar-refractivity contribution in [2.75, 3.05) is 7.11 Å². The van der Waals surface area contributed by atoms with Crippen molar-refractivity contribution >= 4 is 22.9 Å². The Kier molecular flexibility index (Phi) is 3.69. The Bertz CT molecular complexity index is 513. The maximum Gasteiger partial charge on any atom is 0.124 e. The lowest BCUT2D eigenvalue weighted by Gasteiger charge is -2.09. The molecule has 0 radical (unpaired) electrons. The molecule has 0 saturated heterocycles. The van der Waals surface area contributed by atoms with Crippen LogP contribution in [-0.4, -0.2) is 12.1 Å². The highest BCUT2D eigenvalue weighted by molar-refractivity contribution is 7.13. The minimum Gasteiger partial charge on any atom is -0.496 e. The molecule has 0 amide bonds. The Morgan fingerprint density at radius 3 is 2.41 bits per heavy atom. The fraction of sp³-hybridized carbons (Fsp3) is 0.308. The molecule has 0 fully saturated rings. The molecule has 90 valence electrons. The summed E-state index contributed by atoms with van der Waals surface area (Å²) in [4.78, 5) is 4.48. The average molecular weight is 268 g/mol. The maximum atomic E-state index is 5.76. The quantitative estimate of drug-likeness (QED) is 0.779. The number of thiazole rings is 1. The molecule has 0 spiro atoms. The van der Waals surface area contributed by atoms with Crippen LogP contribution < -0.4 is 4.74 Å². The number of aryl methyl sites for hydroxylation is 2. The lowest BCUT2D eigenvalue weighted by Crippen LogP contribution is -1.92. The molecule has 0 aliphatic heterocycles. The van der Waals surface area contributed by atoms with E-state index in [-0.39, 0.29) is 0 Å². The van der Waals surface area contributed by atoms with Gasteiger partial charge in [0.05, 0.1) is 18.7 Å². The molecule has 0 bridgehead atoms. The third-order valence-electron chi connectivity index (χ3n) is 2.60. The first-order valence-electron chi connectivity index (χ1n) is 5.31. The van der Waals surface area contributed by atoms with Gasteiger partial charge in [-0.15, -0.1) is 22.9 Å². The van der Waals surface area contributed by atoms with Crippen LogP contribution in [0.3, 0.4) is 0 Å². The highest BCUT2D eigenvalue weighted by atomic mass is 35.5. The zero-order valence-electron chi connectivity index (χ0n) is 10.1. The second-order valence-electron chi connectivity index (χ2n) is 3.92. The molecule has 0 N–H and O–H groups in total. The van der Waals surface area contributed by atoms with E-state index in [1.165, 1.54) is 0 Å². The second-order valence-corrected chi connectivity index (χ2v) is 5.05. The van der Waals surface area contributed by atoms with Crippen LogP contribution in [0.1, 0.15) is 16.8 Å². The topological polar surface area (TPSA) is 22.1 Å². The summed E-state index contributed by atoms with van der Waals surface area (Å²) in [7, 11) is 1.70. The van der Waals surface area contributed by atoms with E-state index in [0.717, 1.165) is 33.1 Å². The van der Waals surface area contributed by atoms with Gasteiger partial charge >= 0.3 is 0 Å². The molecule has 0 atom stereocenters. The van der Waals surface area contributed by atoms with Gasteiger partial charge in [-0.1, -0.05) is 0 Å². The smallest absolute Gasteiger partial charge is 0.124 e. The van der Waals surface area contributed by atoms with Gasteiger partial charge in [-0.05, 0) is 37.1 Å². The third-order valence-corrected chi connectivity index (χ3v) is 3.81. The maximum absolute atomic E-state index is 5.76. The minimum absolute atomic E-state index is 0.463. The van der Waals surface area contributed by atoms with Crippen molar-refractivity contribution in [3.63, 3.8) is 0 Å². The van der Waals surface area contributed by atoms with Gasteiger partial charge in [0.2, 0.25) is 0 Å². The molecular formula is C13H14ClNOS. The molecule has 0 aliphatic carbocycles. The molecule has 2 rings (SSSR count). The Balaban J connectivity index is 2.46. The number of hydrogen-bond donors (Lipinski definition) is 0. The molecule has 1 heterocycles. The van der Waals surface area contributed by atoms with Gasteiger partial charge in [0, 0.05) is 10.9 Å². The SMILES string of the molecule is COc1c(C)cc(-c2nc(CCl)cs2)cc1C. The number of halogens is 1. The summed E-state index contributed by atoms with van der Waals surface area (Å²) in [6.07, 6.45) is 0. The number of aromatic nitrogens is 1. The molecule has 1 aromatic heterocycles. The van der Waals surface area contributed by atoms with Crippen LogP contribution in [-0.2, 0) is 5.88 Å². The highest BCUT2D eigenvalue weighted by Gasteiger charge is 2.09. The number of nitrogens with zero attached hydrogens (tertiary/aromatic N) is 1. The van der Waals surface area contributed by atoms with Gasteiger partial charge < -0.3 is 4.74 Å². The Hall–Kier alpha value is -1.06. The van der Waals surface area contributed by atoms with Crippen LogP contribution in [0, 0.1) is 13.8 Å². The van der Waals surface area contributed by atoms with Gasteiger partial charge in [-0.25, -0.2) is 4.98 Å². The number of benzene rings is 1. The summed E-state index contributed by atoms with van der Waals surface area (Å²) in [5, 5.41) is 3.01. The van der Waals surface area contributed by atoms with Crippen molar-refractivity contribution in [3.8, 4) is 16.3 Å². The normalized spacial score (nSPS) is 10.6. The van der Waals surface area contributed by atoms with E-state index in [0.29, 0.717) is 5.88 Å². The molecule has 0 unspecified atom stereocenters. The van der Waals surface area contributed by atoms with Gasteiger partial charge in [0.25, 0.3) is 0 Å². The Morgan fingerprint density at radius 2 is 1.94 bits per heavy atom. The Labute approximate surface area is 110 Å². The van der Waals surface area contributed by atoms with Crippen LogP contribution >= 0.6 is 22.9 Å².